The van der Waals surface area contributed by atoms with Crippen molar-refractivity contribution in [3.05, 3.63) is 70.8 Å². The normalized spacial score (nSPS) is 14.9. The molecule has 0 spiro atoms. The molecule has 0 bridgehead atoms. The van der Waals surface area contributed by atoms with E-state index in [-0.39, 0.29) is 5.91 Å². The number of ether oxygens (including phenoxy) is 1. The lowest BCUT2D eigenvalue weighted by Gasteiger charge is -2.27. The molecular formula is C23H30N2O2. The smallest absolute Gasteiger partial charge is 0.251 e. The molecule has 0 atom stereocenters. The Labute approximate surface area is 162 Å². The van der Waals surface area contributed by atoms with Gasteiger partial charge in [0.1, 0.15) is 0 Å². The molecule has 4 heteroatoms. The number of aryl methyl sites for hydroxylation is 1. The Kier molecular flexibility index (Phi) is 7.43. The molecule has 1 heterocycles. The van der Waals surface area contributed by atoms with Gasteiger partial charge in [-0.2, -0.15) is 0 Å². The monoisotopic (exact) mass is 366 g/mol. The van der Waals surface area contributed by atoms with Gasteiger partial charge in [0.25, 0.3) is 5.91 Å². The van der Waals surface area contributed by atoms with Crippen LogP contribution in [0.15, 0.2) is 48.5 Å². The largest absolute Gasteiger partial charge is 0.379 e. The van der Waals surface area contributed by atoms with Crippen molar-refractivity contribution in [2.75, 3.05) is 26.3 Å². The van der Waals surface area contributed by atoms with E-state index in [9.17, 15) is 4.79 Å². The van der Waals surface area contributed by atoms with Crippen LogP contribution in [-0.4, -0.2) is 37.1 Å². The standard InChI is InChI=1S/C23H30N2O2/c1-2-3-6-19-9-11-20(12-10-19)23(26)24-17-21-7-4-5-8-22(21)18-25-13-15-27-16-14-25/h4-5,7-12H,2-3,6,13-18H2,1H3,(H,24,26). The highest BCUT2D eigenvalue weighted by Gasteiger charge is 2.13. The summed E-state index contributed by atoms with van der Waals surface area (Å²) >= 11 is 0. The summed E-state index contributed by atoms with van der Waals surface area (Å²) in [4.78, 5) is 14.9. The van der Waals surface area contributed by atoms with Gasteiger partial charge >= 0.3 is 0 Å². The number of amides is 1. The Bertz CT molecular complexity index is 721. The molecule has 1 fully saturated rings. The maximum absolute atomic E-state index is 12.5. The maximum atomic E-state index is 12.5. The Morgan fingerprint density at radius 1 is 1.04 bits per heavy atom. The van der Waals surface area contributed by atoms with Crippen LogP contribution in [0.3, 0.4) is 0 Å². The van der Waals surface area contributed by atoms with Gasteiger partial charge in [0.15, 0.2) is 0 Å². The first-order chi connectivity index (χ1) is 13.3. The van der Waals surface area contributed by atoms with Crippen LogP contribution in [0.4, 0.5) is 0 Å². The number of rotatable bonds is 8. The molecule has 27 heavy (non-hydrogen) atoms. The van der Waals surface area contributed by atoms with Crippen LogP contribution in [0.25, 0.3) is 0 Å². The van der Waals surface area contributed by atoms with Crippen molar-refractivity contribution in [2.45, 2.75) is 39.3 Å². The number of benzene rings is 2. The minimum atomic E-state index is -0.0155. The fourth-order valence-electron chi connectivity index (χ4n) is 3.37. The minimum absolute atomic E-state index is 0.0155. The molecule has 0 aliphatic carbocycles. The van der Waals surface area contributed by atoms with E-state index in [1.807, 2.05) is 18.2 Å². The van der Waals surface area contributed by atoms with Crippen LogP contribution >= 0.6 is 0 Å². The van der Waals surface area contributed by atoms with Gasteiger partial charge in [0.2, 0.25) is 0 Å². The van der Waals surface area contributed by atoms with Crippen molar-refractivity contribution in [1.82, 2.24) is 10.2 Å². The average Bonchev–Trinajstić information content (AvgIpc) is 2.72. The van der Waals surface area contributed by atoms with E-state index in [4.69, 9.17) is 4.74 Å². The number of unbranched alkanes of at least 4 members (excludes halogenated alkanes) is 1. The van der Waals surface area contributed by atoms with E-state index >= 15 is 0 Å². The molecule has 3 rings (SSSR count). The van der Waals surface area contributed by atoms with Crippen LogP contribution < -0.4 is 5.32 Å². The molecule has 0 aromatic heterocycles. The molecular weight excluding hydrogens is 336 g/mol. The number of nitrogens with zero attached hydrogens (tertiary/aromatic N) is 1. The molecule has 0 unspecified atom stereocenters. The summed E-state index contributed by atoms with van der Waals surface area (Å²) in [5.74, 6) is -0.0155. The molecule has 2 aromatic carbocycles. The first-order valence-corrected chi connectivity index (χ1v) is 10.0. The Balaban J connectivity index is 1.56. The summed E-state index contributed by atoms with van der Waals surface area (Å²) in [6.07, 6.45) is 3.45. The molecule has 144 valence electrons. The van der Waals surface area contributed by atoms with Crippen LogP contribution in [-0.2, 0) is 24.2 Å². The van der Waals surface area contributed by atoms with Gasteiger partial charge in [0, 0.05) is 31.7 Å². The number of hydrogen-bond acceptors (Lipinski definition) is 3. The van der Waals surface area contributed by atoms with Crippen molar-refractivity contribution < 1.29 is 9.53 Å². The number of carbonyl (C=O) groups is 1. The van der Waals surface area contributed by atoms with Crippen LogP contribution in [0.5, 0.6) is 0 Å². The summed E-state index contributed by atoms with van der Waals surface area (Å²) in [7, 11) is 0. The predicted octanol–water partition coefficient (Wildman–Crippen LogP) is 3.79. The van der Waals surface area contributed by atoms with Crippen LogP contribution in [0, 0.1) is 0 Å². The lowest BCUT2D eigenvalue weighted by molar-refractivity contribution is 0.0340. The van der Waals surface area contributed by atoms with Crippen molar-refractivity contribution in [1.29, 1.82) is 0 Å². The first kappa shape index (κ1) is 19.6. The number of morpholine rings is 1. The molecule has 4 nitrogen and oxygen atoms in total. The summed E-state index contributed by atoms with van der Waals surface area (Å²) in [6, 6.07) is 16.3. The highest BCUT2D eigenvalue weighted by molar-refractivity contribution is 5.94. The van der Waals surface area contributed by atoms with E-state index in [0.29, 0.717) is 6.54 Å². The molecule has 1 aliphatic heterocycles. The van der Waals surface area contributed by atoms with E-state index in [1.54, 1.807) is 0 Å². The van der Waals surface area contributed by atoms with Crippen molar-refractivity contribution >= 4 is 5.91 Å². The summed E-state index contributed by atoms with van der Waals surface area (Å²) < 4.78 is 5.43. The SMILES string of the molecule is CCCCc1ccc(C(=O)NCc2ccccc2CN2CCOCC2)cc1. The van der Waals surface area contributed by atoms with Crippen molar-refractivity contribution in [3.63, 3.8) is 0 Å². The van der Waals surface area contributed by atoms with E-state index in [1.165, 1.54) is 29.5 Å². The van der Waals surface area contributed by atoms with Gasteiger partial charge in [-0.15, -0.1) is 0 Å². The molecule has 0 saturated carbocycles. The number of hydrogen-bond donors (Lipinski definition) is 1. The third-order valence-electron chi connectivity index (χ3n) is 5.09. The third kappa shape index (κ3) is 5.91. The van der Waals surface area contributed by atoms with Crippen molar-refractivity contribution in [3.8, 4) is 0 Å². The Hall–Kier alpha value is -2.17. The molecule has 1 aliphatic rings. The lowest BCUT2D eigenvalue weighted by Crippen LogP contribution is -2.36. The molecule has 2 aromatic rings. The van der Waals surface area contributed by atoms with Gasteiger partial charge in [-0.05, 0) is 41.7 Å². The fourth-order valence-corrected chi connectivity index (χ4v) is 3.37. The summed E-state index contributed by atoms with van der Waals surface area (Å²) in [5, 5.41) is 3.07. The van der Waals surface area contributed by atoms with Gasteiger partial charge < -0.3 is 10.1 Å². The van der Waals surface area contributed by atoms with E-state index in [2.05, 4.69) is 47.5 Å². The highest BCUT2D eigenvalue weighted by atomic mass is 16.5. The van der Waals surface area contributed by atoms with Gasteiger partial charge in [-0.25, -0.2) is 0 Å². The quantitative estimate of drug-likeness (QED) is 0.773. The predicted molar refractivity (Wildman–Crippen MR) is 109 cm³/mol. The second kappa shape index (κ2) is 10.2. The second-order valence-corrected chi connectivity index (χ2v) is 7.14. The maximum Gasteiger partial charge on any atom is 0.251 e. The molecule has 1 N–H and O–H groups in total. The minimum Gasteiger partial charge on any atom is -0.379 e. The first-order valence-electron chi connectivity index (χ1n) is 10.0. The molecule has 1 amide bonds. The van der Waals surface area contributed by atoms with E-state index in [0.717, 1.165) is 44.8 Å². The zero-order chi connectivity index (χ0) is 18.9. The van der Waals surface area contributed by atoms with Crippen LogP contribution in [0.2, 0.25) is 0 Å². The summed E-state index contributed by atoms with van der Waals surface area (Å²) in [6.45, 7) is 7.17. The van der Waals surface area contributed by atoms with Gasteiger partial charge in [0.05, 0.1) is 13.2 Å². The van der Waals surface area contributed by atoms with Crippen LogP contribution in [0.1, 0.15) is 46.8 Å². The Morgan fingerprint density at radius 2 is 1.74 bits per heavy atom. The topological polar surface area (TPSA) is 41.6 Å². The lowest BCUT2D eigenvalue weighted by atomic mass is 10.1. The number of carbonyl (C=O) groups excluding carboxylic acids is 1. The van der Waals surface area contributed by atoms with Crippen molar-refractivity contribution in [2.24, 2.45) is 0 Å². The zero-order valence-electron chi connectivity index (χ0n) is 16.2. The van der Waals surface area contributed by atoms with E-state index < -0.39 is 0 Å². The Morgan fingerprint density at radius 3 is 2.44 bits per heavy atom. The summed E-state index contributed by atoms with van der Waals surface area (Å²) in [5.41, 5.74) is 4.47. The highest BCUT2D eigenvalue weighted by Crippen LogP contribution is 2.14. The third-order valence-corrected chi connectivity index (χ3v) is 5.09. The van der Waals surface area contributed by atoms with Gasteiger partial charge in [-0.3, -0.25) is 9.69 Å². The molecule has 0 radical (unpaired) electrons. The number of nitrogens with one attached hydrogen (secondary N) is 1. The molecule has 1 saturated heterocycles. The average molecular weight is 367 g/mol. The fraction of sp³-hybridized carbons (Fsp3) is 0.435. The van der Waals surface area contributed by atoms with Gasteiger partial charge in [-0.1, -0.05) is 49.7 Å². The zero-order valence-corrected chi connectivity index (χ0v) is 16.2. The second-order valence-electron chi connectivity index (χ2n) is 7.14.